The Hall–Kier alpha value is -2.15. The number of hydrogen-bond donors (Lipinski definition) is 2. The molecule has 0 saturated heterocycles. The Labute approximate surface area is 109 Å². The fourth-order valence-electron chi connectivity index (χ4n) is 2.39. The lowest BCUT2D eigenvalue weighted by molar-refractivity contribution is 0.244. The van der Waals surface area contributed by atoms with Crippen LogP contribution < -0.4 is 10.5 Å². The van der Waals surface area contributed by atoms with Crippen LogP contribution in [0, 0.1) is 5.92 Å². The van der Waals surface area contributed by atoms with Crippen LogP contribution in [0.15, 0.2) is 18.5 Å². The summed E-state index contributed by atoms with van der Waals surface area (Å²) in [4.78, 5) is 12.5. The first-order valence-electron chi connectivity index (χ1n) is 6.06. The third-order valence-corrected chi connectivity index (χ3v) is 3.34. The first-order chi connectivity index (χ1) is 9.22. The fraction of sp³-hybridized carbons (Fsp3) is 0.417. The molecule has 2 aromatic rings. The van der Waals surface area contributed by atoms with Crippen LogP contribution in [0.4, 0.5) is 5.95 Å². The predicted octanol–water partition coefficient (Wildman–Crippen LogP) is 0.527. The maximum absolute atomic E-state index is 9.18. The van der Waals surface area contributed by atoms with Gasteiger partial charge in [-0.1, -0.05) is 12.2 Å². The molecule has 100 valence electrons. The highest BCUT2D eigenvalue weighted by Gasteiger charge is 2.23. The van der Waals surface area contributed by atoms with E-state index in [2.05, 4.69) is 15.0 Å². The van der Waals surface area contributed by atoms with Crippen molar-refractivity contribution in [3.63, 3.8) is 0 Å². The average Bonchev–Trinajstić information content (AvgIpc) is 3.03. The standard InChI is InChI=1S/C12H15N5O2/c1-19-11-9-10(15-12(13)16-11)17(6-14-9)8-3-2-7(4-8)5-18/h2-3,6-8,18H,4-5H2,1H3,(H2,13,15,16)/t7-,8+/m0/s1. The van der Waals surface area contributed by atoms with Gasteiger partial charge in [0, 0.05) is 12.5 Å². The summed E-state index contributed by atoms with van der Waals surface area (Å²) in [7, 11) is 1.53. The van der Waals surface area contributed by atoms with Crippen molar-refractivity contribution in [2.75, 3.05) is 19.5 Å². The number of nitrogens with two attached hydrogens (primary N) is 1. The van der Waals surface area contributed by atoms with Gasteiger partial charge in [-0.2, -0.15) is 9.97 Å². The summed E-state index contributed by atoms with van der Waals surface area (Å²) in [5, 5.41) is 9.18. The molecule has 19 heavy (non-hydrogen) atoms. The highest BCUT2D eigenvalue weighted by molar-refractivity contribution is 5.77. The van der Waals surface area contributed by atoms with Gasteiger partial charge >= 0.3 is 0 Å². The van der Waals surface area contributed by atoms with Gasteiger partial charge in [0.25, 0.3) is 0 Å². The molecule has 0 amide bonds. The van der Waals surface area contributed by atoms with Crippen LogP contribution in [0.25, 0.3) is 11.2 Å². The SMILES string of the molecule is COc1nc(N)nc2c1ncn2[C@@H]1C=C[C@H](CO)C1. The maximum atomic E-state index is 9.18. The maximum Gasteiger partial charge on any atom is 0.246 e. The molecule has 0 bridgehead atoms. The Balaban J connectivity index is 2.06. The first-order valence-corrected chi connectivity index (χ1v) is 6.06. The molecule has 3 rings (SSSR count). The van der Waals surface area contributed by atoms with Crippen molar-refractivity contribution >= 4 is 17.1 Å². The highest BCUT2D eigenvalue weighted by atomic mass is 16.5. The Bertz CT molecular complexity index is 636. The van der Waals surface area contributed by atoms with E-state index in [0.29, 0.717) is 17.0 Å². The Morgan fingerprint density at radius 2 is 2.32 bits per heavy atom. The second-order valence-corrected chi connectivity index (χ2v) is 4.55. The van der Waals surface area contributed by atoms with Gasteiger partial charge in [0.15, 0.2) is 11.2 Å². The zero-order valence-electron chi connectivity index (χ0n) is 10.5. The number of fused-ring (bicyclic) bond motifs is 1. The average molecular weight is 261 g/mol. The molecule has 0 aromatic carbocycles. The number of aromatic nitrogens is 4. The number of nitrogens with zero attached hydrogens (tertiary/aromatic N) is 4. The van der Waals surface area contributed by atoms with Crippen molar-refractivity contribution in [1.29, 1.82) is 0 Å². The lowest BCUT2D eigenvalue weighted by Crippen LogP contribution is -2.08. The van der Waals surface area contributed by atoms with Crippen LogP contribution in [-0.2, 0) is 0 Å². The normalized spacial score (nSPS) is 22.2. The minimum atomic E-state index is 0.126. The summed E-state index contributed by atoms with van der Waals surface area (Å²) < 4.78 is 7.09. The molecule has 7 heteroatoms. The van der Waals surface area contributed by atoms with Gasteiger partial charge in [0.1, 0.15) is 0 Å². The number of anilines is 1. The van der Waals surface area contributed by atoms with E-state index < -0.39 is 0 Å². The zero-order valence-corrected chi connectivity index (χ0v) is 10.5. The minimum absolute atomic E-state index is 0.126. The van der Waals surface area contributed by atoms with Crippen LogP contribution in [0.1, 0.15) is 12.5 Å². The predicted molar refractivity (Wildman–Crippen MR) is 69.7 cm³/mol. The molecule has 0 spiro atoms. The third kappa shape index (κ3) is 1.91. The lowest BCUT2D eigenvalue weighted by Gasteiger charge is -2.12. The molecule has 2 aromatic heterocycles. The molecule has 0 saturated carbocycles. The Morgan fingerprint density at radius 1 is 1.47 bits per heavy atom. The van der Waals surface area contributed by atoms with E-state index in [-0.39, 0.29) is 24.5 Å². The smallest absolute Gasteiger partial charge is 0.246 e. The van der Waals surface area contributed by atoms with Crippen molar-refractivity contribution in [2.24, 2.45) is 5.92 Å². The van der Waals surface area contributed by atoms with E-state index in [0.717, 1.165) is 6.42 Å². The minimum Gasteiger partial charge on any atom is -0.479 e. The summed E-state index contributed by atoms with van der Waals surface area (Å²) in [6.45, 7) is 0.153. The van der Waals surface area contributed by atoms with E-state index in [1.807, 2.05) is 16.7 Å². The molecule has 7 nitrogen and oxygen atoms in total. The van der Waals surface area contributed by atoms with Gasteiger partial charge < -0.3 is 20.1 Å². The molecule has 1 aliphatic rings. The summed E-state index contributed by atoms with van der Waals surface area (Å²) in [5.74, 6) is 0.720. The Kier molecular flexibility index (Phi) is 2.83. The first kappa shape index (κ1) is 11.9. The van der Waals surface area contributed by atoms with Gasteiger partial charge in [0.2, 0.25) is 11.8 Å². The molecular weight excluding hydrogens is 246 g/mol. The quantitative estimate of drug-likeness (QED) is 0.782. The largest absolute Gasteiger partial charge is 0.479 e. The van der Waals surface area contributed by atoms with E-state index in [9.17, 15) is 5.11 Å². The van der Waals surface area contributed by atoms with Crippen LogP contribution in [-0.4, -0.2) is 38.3 Å². The van der Waals surface area contributed by atoms with Gasteiger partial charge in [-0.15, -0.1) is 0 Å². The van der Waals surface area contributed by atoms with Gasteiger partial charge in [-0.3, -0.25) is 0 Å². The molecule has 0 aliphatic heterocycles. The van der Waals surface area contributed by atoms with Crippen molar-refractivity contribution in [3.8, 4) is 5.88 Å². The summed E-state index contributed by atoms with van der Waals surface area (Å²) >= 11 is 0. The molecule has 1 aliphatic carbocycles. The molecule has 0 fully saturated rings. The van der Waals surface area contributed by atoms with Crippen molar-refractivity contribution in [2.45, 2.75) is 12.5 Å². The lowest BCUT2D eigenvalue weighted by atomic mass is 10.1. The summed E-state index contributed by atoms with van der Waals surface area (Å²) in [6.07, 6.45) is 6.59. The molecule has 2 heterocycles. The van der Waals surface area contributed by atoms with Crippen LogP contribution in [0.3, 0.4) is 0 Å². The fourth-order valence-corrected chi connectivity index (χ4v) is 2.39. The number of aliphatic hydroxyl groups is 1. The summed E-state index contributed by atoms with van der Waals surface area (Å²) in [6, 6.07) is 0.126. The van der Waals surface area contributed by atoms with Crippen LogP contribution in [0.2, 0.25) is 0 Å². The third-order valence-electron chi connectivity index (χ3n) is 3.34. The van der Waals surface area contributed by atoms with Crippen molar-refractivity contribution in [1.82, 2.24) is 19.5 Å². The van der Waals surface area contributed by atoms with E-state index >= 15 is 0 Å². The van der Waals surface area contributed by atoms with Crippen LogP contribution >= 0.6 is 0 Å². The monoisotopic (exact) mass is 261 g/mol. The number of allylic oxidation sites excluding steroid dienone is 1. The molecular formula is C12H15N5O2. The van der Waals surface area contributed by atoms with E-state index in [1.165, 1.54) is 7.11 Å². The molecule has 0 unspecified atom stereocenters. The number of nitrogen functional groups attached to an aromatic ring is 1. The van der Waals surface area contributed by atoms with Gasteiger partial charge in [-0.25, -0.2) is 4.98 Å². The Morgan fingerprint density at radius 3 is 3.00 bits per heavy atom. The molecule has 3 N–H and O–H groups in total. The highest BCUT2D eigenvalue weighted by Crippen LogP contribution is 2.31. The number of ether oxygens (including phenoxy) is 1. The number of methoxy groups -OCH3 is 1. The second-order valence-electron chi connectivity index (χ2n) is 4.55. The molecule has 0 radical (unpaired) electrons. The van der Waals surface area contributed by atoms with Crippen LogP contribution in [0.5, 0.6) is 5.88 Å². The van der Waals surface area contributed by atoms with Gasteiger partial charge in [0.05, 0.1) is 19.5 Å². The number of imidazole rings is 1. The topological polar surface area (TPSA) is 99.1 Å². The van der Waals surface area contributed by atoms with E-state index in [4.69, 9.17) is 10.5 Å². The molecule has 2 atom stereocenters. The summed E-state index contributed by atoms with van der Waals surface area (Å²) in [5.41, 5.74) is 6.92. The van der Waals surface area contributed by atoms with Crippen molar-refractivity contribution in [3.05, 3.63) is 18.5 Å². The van der Waals surface area contributed by atoms with Crippen molar-refractivity contribution < 1.29 is 9.84 Å². The zero-order chi connectivity index (χ0) is 13.4. The second kappa shape index (κ2) is 4.51. The van der Waals surface area contributed by atoms with Gasteiger partial charge in [-0.05, 0) is 6.42 Å². The number of rotatable bonds is 3. The van der Waals surface area contributed by atoms with E-state index in [1.54, 1.807) is 6.33 Å². The number of hydrogen-bond acceptors (Lipinski definition) is 6. The number of aliphatic hydroxyl groups excluding tert-OH is 1.